The fourth-order valence-corrected chi connectivity index (χ4v) is 2.92. The fourth-order valence-electron chi connectivity index (χ4n) is 2.92. The second-order valence-electron chi connectivity index (χ2n) is 5.66. The molecule has 0 saturated carbocycles. The average Bonchev–Trinajstić information content (AvgIpc) is 2.39. The van der Waals surface area contributed by atoms with Crippen LogP contribution in [0.1, 0.15) is 32.3 Å². The highest BCUT2D eigenvalue weighted by Crippen LogP contribution is 2.46. The maximum atomic E-state index is 11.2. The molecule has 1 aliphatic heterocycles. The highest BCUT2D eigenvalue weighted by Gasteiger charge is 2.36. The van der Waals surface area contributed by atoms with Crippen LogP contribution >= 0.6 is 0 Å². The number of carbonyl (C=O) groups is 1. The summed E-state index contributed by atoms with van der Waals surface area (Å²) < 4.78 is 5.99. The first-order chi connectivity index (χ1) is 9.38. The number of hydrogen-bond acceptors (Lipinski definition) is 3. The van der Waals surface area contributed by atoms with E-state index in [4.69, 9.17) is 4.74 Å². The summed E-state index contributed by atoms with van der Waals surface area (Å²) in [5, 5.41) is 18.9. The van der Waals surface area contributed by atoms with E-state index in [2.05, 4.69) is 0 Å². The van der Waals surface area contributed by atoms with Crippen LogP contribution in [0.2, 0.25) is 0 Å². The van der Waals surface area contributed by atoms with Crippen molar-refractivity contribution in [2.45, 2.75) is 32.3 Å². The molecule has 104 valence electrons. The number of benzene rings is 1. The van der Waals surface area contributed by atoms with Crippen LogP contribution in [0.3, 0.4) is 0 Å². The molecule has 1 aliphatic carbocycles. The average molecular weight is 272 g/mol. The van der Waals surface area contributed by atoms with E-state index in [0.29, 0.717) is 24.2 Å². The molecule has 1 aromatic carbocycles. The number of ether oxygens (including phenoxy) is 1. The van der Waals surface area contributed by atoms with Gasteiger partial charge in [0, 0.05) is 11.1 Å². The van der Waals surface area contributed by atoms with E-state index < -0.39 is 11.6 Å². The standard InChI is InChI=1S/C16H16O4/c1-16(2)13-5-3-9(15(18)19)7-11(13)12-8-10(17)4-6-14(12)20-16/h4,6-8,17H,3,5H2,1-2H3,(H,18,19). The Morgan fingerprint density at radius 1 is 1.30 bits per heavy atom. The third-order valence-electron chi connectivity index (χ3n) is 3.91. The van der Waals surface area contributed by atoms with Gasteiger partial charge in [-0.1, -0.05) is 0 Å². The predicted molar refractivity (Wildman–Crippen MR) is 74.7 cm³/mol. The molecule has 0 amide bonds. The largest absolute Gasteiger partial charge is 0.508 e. The Morgan fingerprint density at radius 2 is 2.05 bits per heavy atom. The molecule has 0 radical (unpaired) electrons. The van der Waals surface area contributed by atoms with Crippen molar-refractivity contribution in [2.24, 2.45) is 0 Å². The van der Waals surface area contributed by atoms with Crippen LogP contribution in [0.4, 0.5) is 0 Å². The molecule has 0 atom stereocenters. The number of phenols is 1. The molecule has 0 unspecified atom stereocenters. The van der Waals surface area contributed by atoms with Gasteiger partial charge in [0.2, 0.25) is 0 Å². The monoisotopic (exact) mass is 272 g/mol. The Hall–Kier alpha value is -2.23. The number of aliphatic carboxylic acids is 1. The number of carboxylic acid groups (broad SMARTS) is 1. The number of phenolic OH excluding ortho intramolecular Hbond substituents is 1. The molecule has 4 nitrogen and oxygen atoms in total. The molecular formula is C16H16O4. The smallest absolute Gasteiger partial charge is 0.331 e. The van der Waals surface area contributed by atoms with E-state index in [0.717, 1.165) is 16.7 Å². The topological polar surface area (TPSA) is 66.8 Å². The van der Waals surface area contributed by atoms with Crippen molar-refractivity contribution in [1.82, 2.24) is 0 Å². The molecule has 4 heteroatoms. The number of aromatic hydroxyl groups is 1. The van der Waals surface area contributed by atoms with Gasteiger partial charge in [-0.3, -0.25) is 0 Å². The number of rotatable bonds is 1. The summed E-state index contributed by atoms with van der Waals surface area (Å²) >= 11 is 0. The molecule has 2 aliphatic rings. The van der Waals surface area contributed by atoms with Gasteiger partial charge >= 0.3 is 5.97 Å². The van der Waals surface area contributed by atoms with Gasteiger partial charge < -0.3 is 14.9 Å². The minimum atomic E-state index is -0.887. The summed E-state index contributed by atoms with van der Waals surface area (Å²) in [6.45, 7) is 3.97. The molecule has 0 aromatic heterocycles. The first kappa shape index (κ1) is 12.8. The van der Waals surface area contributed by atoms with Gasteiger partial charge in [-0.15, -0.1) is 0 Å². The summed E-state index contributed by atoms with van der Waals surface area (Å²) in [4.78, 5) is 11.2. The van der Waals surface area contributed by atoms with Crippen LogP contribution in [-0.2, 0) is 4.79 Å². The van der Waals surface area contributed by atoms with Crippen molar-refractivity contribution < 1.29 is 19.7 Å². The lowest BCUT2D eigenvalue weighted by Crippen LogP contribution is -2.35. The Balaban J connectivity index is 2.24. The lowest BCUT2D eigenvalue weighted by Gasteiger charge is -2.38. The van der Waals surface area contributed by atoms with Gasteiger partial charge in [0.15, 0.2) is 0 Å². The Labute approximate surface area is 117 Å². The van der Waals surface area contributed by atoms with Crippen LogP contribution in [0, 0.1) is 0 Å². The molecule has 0 fully saturated rings. The van der Waals surface area contributed by atoms with Crippen molar-refractivity contribution in [3.05, 3.63) is 41.0 Å². The van der Waals surface area contributed by atoms with Crippen molar-refractivity contribution in [1.29, 1.82) is 0 Å². The van der Waals surface area contributed by atoms with E-state index in [1.165, 1.54) is 0 Å². The fraction of sp³-hybridized carbons (Fsp3) is 0.312. The highest BCUT2D eigenvalue weighted by molar-refractivity contribution is 5.95. The number of allylic oxidation sites excluding steroid dienone is 2. The van der Waals surface area contributed by atoms with E-state index in [-0.39, 0.29) is 5.75 Å². The van der Waals surface area contributed by atoms with Gasteiger partial charge in [-0.25, -0.2) is 4.79 Å². The summed E-state index contributed by atoms with van der Waals surface area (Å²) in [7, 11) is 0. The van der Waals surface area contributed by atoms with Crippen LogP contribution in [0.25, 0.3) is 5.57 Å². The third kappa shape index (κ3) is 1.88. The molecular weight excluding hydrogens is 256 g/mol. The number of fused-ring (bicyclic) bond motifs is 2. The lowest BCUT2D eigenvalue weighted by atomic mass is 9.79. The SMILES string of the molecule is CC1(C)Oc2ccc(O)cc2C2=C1CCC(C(=O)O)=C2. The van der Waals surface area contributed by atoms with E-state index in [9.17, 15) is 15.0 Å². The molecule has 0 saturated heterocycles. The zero-order chi connectivity index (χ0) is 14.5. The van der Waals surface area contributed by atoms with Crippen molar-refractivity contribution in [3.63, 3.8) is 0 Å². The molecule has 3 rings (SSSR count). The highest BCUT2D eigenvalue weighted by atomic mass is 16.5. The van der Waals surface area contributed by atoms with E-state index in [1.807, 2.05) is 13.8 Å². The maximum absolute atomic E-state index is 11.2. The minimum absolute atomic E-state index is 0.148. The zero-order valence-corrected chi connectivity index (χ0v) is 11.4. The molecule has 20 heavy (non-hydrogen) atoms. The first-order valence-corrected chi connectivity index (χ1v) is 6.58. The summed E-state index contributed by atoms with van der Waals surface area (Å²) in [6.07, 6.45) is 2.88. The van der Waals surface area contributed by atoms with Gasteiger partial charge in [-0.05, 0) is 62.1 Å². The molecule has 1 heterocycles. The Kier molecular flexibility index (Phi) is 2.64. The minimum Gasteiger partial charge on any atom is -0.508 e. The molecule has 2 N–H and O–H groups in total. The zero-order valence-electron chi connectivity index (χ0n) is 11.4. The molecule has 0 bridgehead atoms. The van der Waals surface area contributed by atoms with Crippen LogP contribution in [0.15, 0.2) is 35.4 Å². The number of hydrogen-bond donors (Lipinski definition) is 2. The lowest BCUT2D eigenvalue weighted by molar-refractivity contribution is -0.132. The maximum Gasteiger partial charge on any atom is 0.331 e. The van der Waals surface area contributed by atoms with Crippen LogP contribution < -0.4 is 4.74 Å². The molecule has 0 spiro atoms. The Morgan fingerprint density at radius 3 is 2.75 bits per heavy atom. The number of carboxylic acids is 1. The van der Waals surface area contributed by atoms with Crippen molar-refractivity contribution in [3.8, 4) is 11.5 Å². The van der Waals surface area contributed by atoms with Crippen LogP contribution in [-0.4, -0.2) is 21.8 Å². The van der Waals surface area contributed by atoms with Crippen molar-refractivity contribution in [2.75, 3.05) is 0 Å². The Bertz CT molecular complexity index is 665. The first-order valence-electron chi connectivity index (χ1n) is 6.58. The van der Waals surface area contributed by atoms with E-state index >= 15 is 0 Å². The van der Waals surface area contributed by atoms with Gasteiger partial charge in [0.05, 0.1) is 0 Å². The normalized spacial score (nSPS) is 19.6. The third-order valence-corrected chi connectivity index (χ3v) is 3.91. The van der Waals surface area contributed by atoms with E-state index in [1.54, 1.807) is 24.3 Å². The summed E-state index contributed by atoms with van der Waals surface area (Å²) in [5.41, 5.74) is 2.66. The second-order valence-corrected chi connectivity index (χ2v) is 5.66. The van der Waals surface area contributed by atoms with Crippen molar-refractivity contribution >= 4 is 11.5 Å². The van der Waals surface area contributed by atoms with Gasteiger partial charge in [0.25, 0.3) is 0 Å². The van der Waals surface area contributed by atoms with Gasteiger partial charge in [-0.2, -0.15) is 0 Å². The molecule has 1 aromatic rings. The summed E-state index contributed by atoms with van der Waals surface area (Å²) in [5.74, 6) is -0.0632. The quantitative estimate of drug-likeness (QED) is 0.824. The summed E-state index contributed by atoms with van der Waals surface area (Å²) in [6, 6.07) is 4.92. The van der Waals surface area contributed by atoms with Crippen LogP contribution in [0.5, 0.6) is 11.5 Å². The van der Waals surface area contributed by atoms with Gasteiger partial charge in [0.1, 0.15) is 17.1 Å². The second kappa shape index (κ2) is 4.13. The predicted octanol–water partition coefficient (Wildman–Crippen LogP) is 3.12.